The molecule has 5 nitrogen and oxygen atoms in total. The van der Waals surface area contributed by atoms with Crippen LogP contribution in [-0.4, -0.2) is 22.6 Å². The standard InChI is InChI=1S/C17H14O5/c18-15(10-16(19)17(20)21)13-7-4-8-14(9-13)22-11-12-5-2-1-3-6-12/h1-9H,10-11H2,(H,20,21). The van der Waals surface area contributed by atoms with Gasteiger partial charge in [-0.05, 0) is 17.7 Å². The van der Waals surface area contributed by atoms with Gasteiger partial charge in [-0.3, -0.25) is 9.59 Å². The number of carbonyl (C=O) groups excluding carboxylic acids is 2. The first kappa shape index (κ1) is 15.4. The summed E-state index contributed by atoms with van der Waals surface area (Å²) in [6.45, 7) is 0.354. The Kier molecular flexibility index (Phi) is 5.03. The monoisotopic (exact) mass is 298 g/mol. The first-order valence-corrected chi connectivity index (χ1v) is 6.62. The lowest BCUT2D eigenvalue weighted by Gasteiger charge is -2.07. The van der Waals surface area contributed by atoms with Gasteiger partial charge in [0.15, 0.2) is 5.78 Å². The van der Waals surface area contributed by atoms with Crippen molar-refractivity contribution in [2.45, 2.75) is 13.0 Å². The summed E-state index contributed by atoms with van der Waals surface area (Å²) in [6.07, 6.45) is -0.655. The van der Waals surface area contributed by atoms with Gasteiger partial charge in [0.1, 0.15) is 12.4 Å². The summed E-state index contributed by atoms with van der Waals surface area (Å²) in [5.41, 5.74) is 1.24. The molecule has 5 heteroatoms. The smallest absolute Gasteiger partial charge is 0.372 e. The number of ether oxygens (including phenoxy) is 1. The van der Waals surface area contributed by atoms with Crippen molar-refractivity contribution < 1.29 is 24.2 Å². The normalized spacial score (nSPS) is 10.0. The molecule has 1 N–H and O–H groups in total. The quantitative estimate of drug-likeness (QED) is 0.482. The van der Waals surface area contributed by atoms with Crippen molar-refractivity contribution in [1.82, 2.24) is 0 Å². The van der Waals surface area contributed by atoms with Gasteiger partial charge in [0.2, 0.25) is 5.78 Å². The van der Waals surface area contributed by atoms with E-state index in [1.165, 1.54) is 12.1 Å². The van der Waals surface area contributed by atoms with E-state index in [0.717, 1.165) is 5.56 Å². The second-order valence-corrected chi connectivity index (χ2v) is 4.63. The van der Waals surface area contributed by atoms with Crippen molar-refractivity contribution >= 4 is 17.5 Å². The van der Waals surface area contributed by atoms with E-state index in [1.807, 2.05) is 30.3 Å². The average Bonchev–Trinajstić information content (AvgIpc) is 2.54. The number of aliphatic carboxylic acids is 1. The van der Waals surface area contributed by atoms with Crippen molar-refractivity contribution in [2.75, 3.05) is 0 Å². The molecule has 0 saturated carbocycles. The van der Waals surface area contributed by atoms with Gasteiger partial charge in [-0.2, -0.15) is 0 Å². The van der Waals surface area contributed by atoms with E-state index in [4.69, 9.17) is 9.84 Å². The molecule has 0 aliphatic heterocycles. The number of Topliss-reactive ketones (excluding diaryl/α,β-unsaturated/α-hetero) is 2. The summed E-state index contributed by atoms with van der Waals surface area (Å²) < 4.78 is 5.58. The SMILES string of the molecule is O=C(O)C(=O)CC(=O)c1cccc(OCc2ccccc2)c1. The summed E-state index contributed by atoms with van der Waals surface area (Å²) in [6, 6.07) is 15.9. The van der Waals surface area contributed by atoms with Crippen LogP contribution in [0.3, 0.4) is 0 Å². The van der Waals surface area contributed by atoms with Crippen LogP contribution in [0.15, 0.2) is 54.6 Å². The van der Waals surface area contributed by atoms with Crippen molar-refractivity contribution in [2.24, 2.45) is 0 Å². The minimum Gasteiger partial charge on any atom is -0.489 e. The average molecular weight is 298 g/mol. The van der Waals surface area contributed by atoms with Gasteiger partial charge in [-0.1, -0.05) is 42.5 Å². The number of benzene rings is 2. The van der Waals surface area contributed by atoms with Gasteiger partial charge in [-0.25, -0.2) is 4.79 Å². The highest BCUT2D eigenvalue weighted by molar-refractivity contribution is 6.37. The van der Waals surface area contributed by atoms with Crippen LogP contribution in [-0.2, 0) is 16.2 Å². The molecule has 0 unspecified atom stereocenters. The zero-order valence-corrected chi connectivity index (χ0v) is 11.7. The maximum atomic E-state index is 11.8. The molecule has 2 aromatic carbocycles. The van der Waals surface area contributed by atoms with Crippen LogP contribution >= 0.6 is 0 Å². The van der Waals surface area contributed by atoms with Gasteiger partial charge in [-0.15, -0.1) is 0 Å². The lowest BCUT2D eigenvalue weighted by molar-refractivity contribution is -0.148. The summed E-state index contributed by atoms with van der Waals surface area (Å²) in [4.78, 5) is 33.4. The fraction of sp³-hybridized carbons (Fsp3) is 0.118. The van der Waals surface area contributed by atoms with Crippen LogP contribution in [0.4, 0.5) is 0 Å². The Bertz CT molecular complexity index is 691. The molecule has 0 bridgehead atoms. The third-order valence-corrected chi connectivity index (χ3v) is 2.96. The second kappa shape index (κ2) is 7.17. The third-order valence-electron chi connectivity index (χ3n) is 2.96. The molecule has 0 saturated heterocycles. The fourth-order valence-corrected chi connectivity index (χ4v) is 1.82. The minimum atomic E-state index is -1.61. The highest BCUT2D eigenvalue weighted by Crippen LogP contribution is 2.16. The van der Waals surface area contributed by atoms with Gasteiger partial charge in [0.05, 0.1) is 6.42 Å². The zero-order chi connectivity index (χ0) is 15.9. The lowest BCUT2D eigenvalue weighted by Crippen LogP contribution is -2.17. The van der Waals surface area contributed by atoms with Crippen molar-refractivity contribution in [1.29, 1.82) is 0 Å². The van der Waals surface area contributed by atoms with E-state index in [-0.39, 0.29) is 5.56 Å². The second-order valence-electron chi connectivity index (χ2n) is 4.63. The predicted octanol–water partition coefficient (Wildman–Crippen LogP) is 2.49. The van der Waals surface area contributed by atoms with E-state index < -0.39 is 24.0 Å². The Morgan fingerprint density at radius 3 is 2.36 bits per heavy atom. The molecule has 0 aliphatic rings. The Labute approximate surface area is 127 Å². The van der Waals surface area contributed by atoms with Gasteiger partial charge in [0, 0.05) is 5.56 Å². The summed E-state index contributed by atoms with van der Waals surface area (Å²) in [7, 11) is 0. The molecule has 0 fully saturated rings. The molecule has 0 amide bonds. The van der Waals surface area contributed by atoms with Crippen LogP contribution in [0.2, 0.25) is 0 Å². The first-order valence-electron chi connectivity index (χ1n) is 6.62. The molecule has 112 valence electrons. The van der Waals surface area contributed by atoms with Crippen LogP contribution in [0.1, 0.15) is 22.3 Å². The zero-order valence-electron chi connectivity index (χ0n) is 11.7. The molecule has 0 atom stereocenters. The van der Waals surface area contributed by atoms with Crippen molar-refractivity contribution in [3.05, 3.63) is 65.7 Å². The number of carboxylic acids is 1. The minimum absolute atomic E-state index is 0.250. The van der Waals surface area contributed by atoms with E-state index in [2.05, 4.69) is 0 Å². The Morgan fingerprint density at radius 2 is 1.68 bits per heavy atom. The van der Waals surface area contributed by atoms with Crippen LogP contribution in [0.5, 0.6) is 5.75 Å². The summed E-state index contributed by atoms with van der Waals surface area (Å²) in [5.74, 6) is -2.79. The number of hydrogen-bond acceptors (Lipinski definition) is 4. The fourth-order valence-electron chi connectivity index (χ4n) is 1.82. The first-order chi connectivity index (χ1) is 10.6. The van der Waals surface area contributed by atoms with E-state index in [1.54, 1.807) is 12.1 Å². The van der Waals surface area contributed by atoms with Crippen molar-refractivity contribution in [3.63, 3.8) is 0 Å². The Hall–Kier alpha value is -2.95. The summed E-state index contributed by atoms with van der Waals surface area (Å²) >= 11 is 0. The molecule has 0 heterocycles. The van der Waals surface area contributed by atoms with Crippen LogP contribution in [0.25, 0.3) is 0 Å². The molecule has 2 rings (SSSR count). The van der Waals surface area contributed by atoms with Crippen molar-refractivity contribution in [3.8, 4) is 5.75 Å². The largest absolute Gasteiger partial charge is 0.489 e. The van der Waals surface area contributed by atoms with E-state index >= 15 is 0 Å². The van der Waals surface area contributed by atoms with Crippen LogP contribution < -0.4 is 4.74 Å². The number of carboxylic acid groups (broad SMARTS) is 1. The molecular formula is C17H14O5. The molecule has 0 aliphatic carbocycles. The molecular weight excluding hydrogens is 284 g/mol. The van der Waals surface area contributed by atoms with Gasteiger partial charge in [0.25, 0.3) is 0 Å². The number of rotatable bonds is 7. The molecule has 0 aromatic heterocycles. The third kappa shape index (κ3) is 4.28. The summed E-state index contributed by atoms with van der Waals surface area (Å²) in [5, 5.41) is 8.52. The number of ketones is 2. The molecule has 0 spiro atoms. The van der Waals surface area contributed by atoms with Gasteiger partial charge >= 0.3 is 5.97 Å². The molecule has 0 radical (unpaired) electrons. The van der Waals surface area contributed by atoms with E-state index in [9.17, 15) is 14.4 Å². The molecule has 22 heavy (non-hydrogen) atoms. The van der Waals surface area contributed by atoms with Crippen LogP contribution in [0, 0.1) is 0 Å². The maximum absolute atomic E-state index is 11.8. The number of carbonyl (C=O) groups is 3. The topological polar surface area (TPSA) is 80.7 Å². The Balaban J connectivity index is 2.02. The maximum Gasteiger partial charge on any atom is 0.372 e. The predicted molar refractivity (Wildman–Crippen MR) is 78.8 cm³/mol. The highest BCUT2D eigenvalue weighted by Gasteiger charge is 2.18. The van der Waals surface area contributed by atoms with E-state index in [0.29, 0.717) is 12.4 Å². The molecule has 2 aromatic rings. The lowest BCUT2D eigenvalue weighted by atomic mass is 10.1. The Morgan fingerprint density at radius 1 is 0.955 bits per heavy atom. The van der Waals surface area contributed by atoms with Gasteiger partial charge < -0.3 is 9.84 Å². The highest BCUT2D eigenvalue weighted by atomic mass is 16.5. The number of hydrogen-bond donors (Lipinski definition) is 1.